The third-order valence-electron chi connectivity index (χ3n) is 5.32. The number of rotatable bonds is 11. The molecule has 0 amide bonds. The fourth-order valence-electron chi connectivity index (χ4n) is 3.04. The Balaban J connectivity index is 0.000000278. The van der Waals surface area contributed by atoms with Crippen molar-refractivity contribution < 1.29 is 26.5 Å². The normalized spacial score (nSPS) is 13.2. The van der Waals surface area contributed by atoms with Crippen molar-refractivity contribution in [3.8, 4) is 0 Å². The Morgan fingerprint density at radius 3 is 1.84 bits per heavy atom. The molecule has 0 aliphatic rings. The van der Waals surface area contributed by atoms with Gasteiger partial charge in [-0.2, -0.15) is 8.42 Å². The highest BCUT2D eigenvalue weighted by Gasteiger charge is 2.18. The van der Waals surface area contributed by atoms with Crippen LogP contribution < -0.4 is 0 Å². The summed E-state index contributed by atoms with van der Waals surface area (Å²) >= 11 is 0. The number of aliphatic hydroxyl groups excluding tert-OH is 1. The van der Waals surface area contributed by atoms with Crippen LogP contribution in [0, 0.1) is 18.8 Å². The molecular formula is C25H34O6S. The molecule has 3 aromatic rings. The highest BCUT2D eigenvalue weighted by atomic mass is 32.2. The summed E-state index contributed by atoms with van der Waals surface area (Å²) in [5, 5.41) is 8.88. The lowest BCUT2D eigenvalue weighted by Gasteiger charge is -2.13. The van der Waals surface area contributed by atoms with Crippen LogP contribution in [0.1, 0.15) is 43.8 Å². The number of hydrogen-bond donors (Lipinski definition) is 1. The monoisotopic (exact) mass is 462 g/mol. The van der Waals surface area contributed by atoms with Crippen molar-refractivity contribution in [3.05, 3.63) is 78.1 Å². The smallest absolute Gasteiger partial charge is 0.296 e. The van der Waals surface area contributed by atoms with Crippen LogP contribution in [-0.2, 0) is 27.1 Å². The number of aliphatic hydroxyl groups is 1. The molecule has 1 N–H and O–H groups in total. The second kappa shape index (κ2) is 13.3. The summed E-state index contributed by atoms with van der Waals surface area (Å²) in [5.41, 5.74) is 1.01. The van der Waals surface area contributed by atoms with Crippen LogP contribution in [0.5, 0.6) is 0 Å². The van der Waals surface area contributed by atoms with Gasteiger partial charge in [-0.05, 0) is 55.2 Å². The average Bonchev–Trinajstić information content (AvgIpc) is 3.50. The van der Waals surface area contributed by atoms with E-state index in [9.17, 15) is 8.42 Å². The van der Waals surface area contributed by atoms with Crippen LogP contribution in [0.25, 0.3) is 0 Å². The molecule has 32 heavy (non-hydrogen) atoms. The quantitative estimate of drug-likeness (QED) is 0.384. The number of furan rings is 2. The maximum atomic E-state index is 12.1. The Labute approximate surface area is 191 Å². The topological polar surface area (TPSA) is 89.9 Å². The zero-order valence-electron chi connectivity index (χ0n) is 19.1. The Kier molecular flexibility index (Phi) is 10.7. The molecule has 1 aromatic carbocycles. The molecular weight excluding hydrogens is 428 g/mol. The van der Waals surface area contributed by atoms with Crippen molar-refractivity contribution in [3.63, 3.8) is 0 Å². The minimum Gasteiger partial charge on any atom is -0.469 e. The van der Waals surface area contributed by atoms with Crippen molar-refractivity contribution in [1.29, 1.82) is 0 Å². The van der Waals surface area contributed by atoms with Crippen molar-refractivity contribution >= 4 is 10.1 Å². The molecule has 0 radical (unpaired) electrons. The SMILES string of the molecule is CC[C@H](CO)Cc1ccco1.CC[C@H](COS(=O)(=O)c1ccc(C)cc1)Cc1ccco1. The van der Waals surface area contributed by atoms with Crippen LogP contribution in [0.4, 0.5) is 0 Å². The molecule has 6 nitrogen and oxygen atoms in total. The van der Waals surface area contributed by atoms with Crippen molar-refractivity contribution in [2.45, 2.75) is 51.3 Å². The molecule has 7 heteroatoms. The van der Waals surface area contributed by atoms with Gasteiger partial charge in [-0.3, -0.25) is 4.18 Å². The number of aryl methyl sites for hydroxylation is 1. The van der Waals surface area contributed by atoms with E-state index in [0.29, 0.717) is 12.3 Å². The lowest BCUT2D eigenvalue weighted by Crippen LogP contribution is -2.16. The fraction of sp³-hybridized carbons (Fsp3) is 0.440. The van der Waals surface area contributed by atoms with E-state index in [1.165, 1.54) is 0 Å². The highest BCUT2D eigenvalue weighted by molar-refractivity contribution is 7.86. The van der Waals surface area contributed by atoms with E-state index < -0.39 is 10.1 Å². The van der Waals surface area contributed by atoms with Crippen LogP contribution in [0.15, 0.2) is 74.8 Å². The standard InChI is InChI=1S/C16H20O4S.C9H14O2/c1-3-14(11-15-5-4-10-19-15)12-20-21(17,18)16-8-6-13(2)7-9-16;1-2-8(7-10)6-9-4-3-5-11-9/h4-10,14H,3,11-12H2,1-2H3;3-5,8,10H,2,6-7H2,1H3/t14-;8-/m00/s1. The fourth-order valence-corrected chi connectivity index (χ4v) is 4.02. The van der Waals surface area contributed by atoms with E-state index in [4.69, 9.17) is 18.1 Å². The van der Waals surface area contributed by atoms with Crippen molar-refractivity contribution in [1.82, 2.24) is 0 Å². The van der Waals surface area contributed by atoms with Gasteiger partial charge in [0.15, 0.2) is 0 Å². The zero-order valence-corrected chi connectivity index (χ0v) is 19.9. The van der Waals surface area contributed by atoms with Gasteiger partial charge < -0.3 is 13.9 Å². The molecule has 0 bridgehead atoms. The largest absolute Gasteiger partial charge is 0.469 e. The van der Waals surface area contributed by atoms with Gasteiger partial charge in [0, 0.05) is 19.4 Å². The molecule has 0 spiro atoms. The summed E-state index contributed by atoms with van der Waals surface area (Å²) in [6.45, 7) is 6.40. The Morgan fingerprint density at radius 1 is 0.875 bits per heavy atom. The van der Waals surface area contributed by atoms with Gasteiger partial charge in [-0.1, -0.05) is 44.4 Å². The van der Waals surface area contributed by atoms with Gasteiger partial charge in [-0.15, -0.1) is 0 Å². The summed E-state index contributed by atoms with van der Waals surface area (Å²) in [4.78, 5) is 0.195. The Bertz CT molecular complexity index is 956. The van der Waals surface area contributed by atoms with Gasteiger partial charge in [0.1, 0.15) is 11.5 Å². The van der Waals surface area contributed by atoms with E-state index in [2.05, 4.69) is 6.92 Å². The predicted molar refractivity (Wildman–Crippen MR) is 124 cm³/mol. The Hall–Kier alpha value is -2.35. The molecule has 2 aromatic heterocycles. The third-order valence-corrected chi connectivity index (χ3v) is 6.62. The van der Waals surface area contributed by atoms with E-state index in [1.807, 2.05) is 38.1 Å². The first-order chi connectivity index (χ1) is 15.4. The lowest BCUT2D eigenvalue weighted by atomic mass is 10.0. The molecule has 0 saturated heterocycles. The average molecular weight is 463 g/mol. The zero-order chi connectivity index (χ0) is 23.4. The summed E-state index contributed by atoms with van der Waals surface area (Å²) in [5.74, 6) is 2.27. The molecule has 2 atom stereocenters. The molecule has 0 fully saturated rings. The van der Waals surface area contributed by atoms with Crippen molar-refractivity contribution in [2.24, 2.45) is 11.8 Å². The van der Waals surface area contributed by atoms with E-state index in [-0.39, 0.29) is 24.0 Å². The molecule has 3 rings (SSSR count). The van der Waals surface area contributed by atoms with Crippen LogP contribution in [0.3, 0.4) is 0 Å². The second-order valence-electron chi connectivity index (χ2n) is 7.85. The van der Waals surface area contributed by atoms with Crippen LogP contribution in [-0.4, -0.2) is 26.7 Å². The molecule has 176 valence electrons. The highest BCUT2D eigenvalue weighted by Crippen LogP contribution is 2.18. The van der Waals surface area contributed by atoms with Gasteiger partial charge in [0.25, 0.3) is 10.1 Å². The first-order valence-electron chi connectivity index (χ1n) is 11.0. The molecule has 2 heterocycles. The first kappa shape index (κ1) is 25.9. The van der Waals surface area contributed by atoms with E-state index in [0.717, 1.165) is 36.3 Å². The van der Waals surface area contributed by atoms with Crippen molar-refractivity contribution in [2.75, 3.05) is 13.2 Å². The maximum Gasteiger partial charge on any atom is 0.296 e. The summed E-state index contributed by atoms with van der Waals surface area (Å²) < 4.78 is 39.9. The summed E-state index contributed by atoms with van der Waals surface area (Å²) in [6, 6.07) is 14.2. The van der Waals surface area contributed by atoms with Gasteiger partial charge in [0.2, 0.25) is 0 Å². The second-order valence-corrected chi connectivity index (χ2v) is 9.47. The van der Waals surface area contributed by atoms with E-state index >= 15 is 0 Å². The third kappa shape index (κ3) is 8.65. The first-order valence-corrected chi connectivity index (χ1v) is 12.4. The predicted octanol–water partition coefficient (Wildman–Crippen LogP) is 5.40. The molecule has 0 aliphatic carbocycles. The lowest BCUT2D eigenvalue weighted by molar-refractivity contribution is 0.216. The minimum atomic E-state index is -3.69. The molecule has 0 saturated carbocycles. The minimum absolute atomic E-state index is 0.108. The molecule has 0 unspecified atom stereocenters. The Morgan fingerprint density at radius 2 is 1.41 bits per heavy atom. The summed E-state index contributed by atoms with van der Waals surface area (Å²) in [6.07, 6.45) is 6.62. The number of benzene rings is 1. The maximum absolute atomic E-state index is 12.1. The van der Waals surface area contributed by atoms with Gasteiger partial charge in [0.05, 0.1) is 24.0 Å². The van der Waals surface area contributed by atoms with E-state index in [1.54, 1.807) is 36.8 Å². The molecule has 0 aliphatic heterocycles. The number of hydrogen-bond acceptors (Lipinski definition) is 6. The van der Waals surface area contributed by atoms with Crippen LogP contribution in [0.2, 0.25) is 0 Å². The summed E-state index contributed by atoms with van der Waals surface area (Å²) in [7, 11) is -3.69. The van der Waals surface area contributed by atoms with Gasteiger partial charge in [-0.25, -0.2) is 0 Å². The van der Waals surface area contributed by atoms with Crippen LogP contribution >= 0.6 is 0 Å². The van der Waals surface area contributed by atoms with Gasteiger partial charge >= 0.3 is 0 Å².